The van der Waals surface area contributed by atoms with E-state index in [4.69, 9.17) is 0 Å². The third-order valence-corrected chi connectivity index (χ3v) is 2.34. The second-order valence-electron chi connectivity index (χ2n) is 5.29. The Morgan fingerprint density at radius 3 is 2.00 bits per heavy atom. The fourth-order valence-corrected chi connectivity index (χ4v) is 1.45. The molecule has 0 aromatic carbocycles. The average molecular weight is 215 g/mol. The van der Waals surface area contributed by atoms with Gasteiger partial charge in [0.05, 0.1) is 0 Å². The van der Waals surface area contributed by atoms with E-state index >= 15 is 0 Å². The van der Waals surface area contributed by atoms with Crippen molar-refractivity contribution in [2.24, 2.45) is 0 Å². The molecule has 0 atom stereocenters. The molecule has 0 aliphatic carbocycles. The van der Waals surface area contributed by atoms with Crippen molar-refractivity contribution < 1.29 is 0 Å². The van der Waals surface area contributed by atoms with Gasteiger partial charge in [0.2, 0.25) is 0 Å². The lowest BCUT2D eigenvalue weighted by atomic mass is 10.1. The molecule has 0 aliphatic heterocycles. The van der Waals surface area contributed by atoms with Crippen LogP contribution in [0.4, 0.5) is 0 Å². The number of hydrogen-bond donors (Lipinski definition) is 2. The molecule has 0 radical (unpaired) electrons. The van der Waals surface area contributed by atoms with Crippen LogP contribution >= 0.6 is 0 Å². The summed E-state index contributed by atoms with van der Waals surface area (Å²) in [6, 6.07) is 0. The summed E-state index contributed by atoms with van der Waals surface area (Å²) in [5.74, 6) is 0. The summed E-state index contributed by atoms with van der Waals surface area (Å²) in [7, 11) is 4.21. The van der Waals surface area contributed by atoms with Crippen LogP contribution in [-0.2, 0) is 0 Å². The van der Waals surface area contributed by atoms with E-state index in [1.807, 2.05) is 7.05 Å². The third kappa shape index (κ3) is 11.8. The first-order valence-corrected chi connectivity index (χ1v) is 6.04. The minimum absolute atomic E-state index is 0.255. The van der Waals surface area contributed by atoms with E-state index in [1.54, 1.807) is 0 Å². The molecule has 0 unspecified atom stereocenters. The molecule has 15 heavy (non-hydrogen) atoms. The molecule has 0 spiro atoms. The normalized spacial score (nSPS) is 12.4. The van der Waals surface area contributed by atoms with Crippen LogP contribution in [0.1, 0.15) is 33.6 Å². The summed E-state index contributed by atoms with van der Waals surface area (Å²) < 4.78 is 0. The molecule has 0 rings (SSSR count). The van der Waals surface area contributed by atoms with Crippen LogP contribution in [0.5, 0.6) is 0 Å². The monoisotopic (exact) mass is 215 g/mol. The van der Waals surface area contributed by atoms with E-state index in [-0.39, 0.29) is 5.54 Å². The minimum Gasteiger partial charge on any atom is -0.320 e. The maximum atomic E-state index is 3.51. The van der Waals surface area contributed by atoms with E-state index < -0.39 is 0 Å². The molecule has 0 aromatic heterocycles. The van der Waals surface area contributed by atoms with Crippen LogP contribution in [0.3, 0.4) is 0 Å². The van der Waals surface area contributed by atoms with Crippen LogP contribution in [0.15, 0.2) is 0 Å². The molecule has 3 heteroatoms. The number of nitrogens with one attached hydrogen (secondary N) is 2. The molecule has 0 aliphatic rings. The number of nitrogens with zero attached hydrogens (tertiary/aromatic N) is 1. The molecule has 0 saturated carbocycles. The molecular weight excluding hydrogens is 186 g/mol. The van der Waals surface area contributed by atoms with Crippen LogP contribution in [0, 0.1) is 0 Å². The van der Waals surface area contributed by atoms with Gasteiger partial charge in [0, 0.05) is 5.54 Å². The Bertz CT molecular complexity index is 140. The first kappa shape index (κ1) is 14.9. The standard InChI is InChI=1S/C12H29N3/c1-12(2,3)14-9-7-11-15(5)10-6-8-13-4/h13-14H,6-11H2,1-5H3. The third-order valence-electron chi connectivity index (χ3n) is 2.34. The van der Waals surface area contributed by atoms with Gasteiger partial charge in [0.15, 0.2) is 0 Å². The van der Waals surface area contributed by atoms with Gasteiger partial charge in [-0.1, -0.05) is 0 Å². The Morgan fingerprint density at radius 2 is 1.53 bits per heavy atom. The summed E-state index contributed by atoms with van der Waals surface area (Å²) in [6.45, 7) is 11.2. The molecule has 0 saturated heterocycles. The zero-order valence-corrected chi connectivity index (χ0v) is 11.2. The summed E-state index contributed by atoms with van der Waals surface area (Å²) in [6.07, 6.45) is 2.47. The molecule has 92 valence electrons. The van der Waals surface area contributed by atoms with Crippen LogP contribution in [-0.4, -0.2) is 50.7 Å². The molecular formula is C12H29N3. The number of hydrogen-bond acceptors (Lipinski definition) is 3. The lowest BCUT2D eigenvalue weighted by Gasteiger charge is -2.22. The zero-order chi connectivity index (χ0) is 11.7. The van der Waals surface area contributed by atoms with Crippen molar-refractivity contribution in [3.05, 3.63) is 0 Å². The summed E-state index contributed by atoms with van der Waals surface area (Å²) in [5, 5.41) is 6.68. The maximum absolute atomic E-state index is 3.51. The highest BCUT2D eigenvalue weighted by Gasteiger charge is 2.07. The van der Waals surface area contributed by atoms with Gasteiger partial charge >= 0.3 is 0 Å². The van der Waals surface area contributed by atoms with Gasteiger partial charge < -0.3 is 15.5 Å². The minimum atomic E-state index is 0.255. The van der Waals surface area contributed by atoms with Crippen molar-refractivity contribution in [3.63, 3.8) is 0 Å². The Morgan fingerprint density at radius 1 is 1.00 bits per heavy atom. The molecule has 0 bridgehead atoms. The fraction of sp³-hybridized carbons (Fsp3) is 1.00. The predicted octanol–water partition coefficient (Wildman–Crippen LogP) is 1.31. The Kier molecular flexibility index (Phi) is 8.02. The predicted molar refractivity (Wildman–Crippen MR) is 68.4 cm³/mol. The molecule has 2 N–H and O–H groups in total. The molecule has 0 amide bonds. The van der Waals surface area contributed by atoms with Crippen molar-refractivity contribution in [1.29, 1.82) is 0 Å². The van der Waals surface area contributed by atoms with E-state index in [1.165, 1.54) is 25.9 Å². The van der Waals surface area contributed by atoms with Crippen LogP contribution in [0.2, 0.25) is 0 Å². The zero-order valence-electron chi connectivity index (χ0n) is 11.2. The molecule has 0 heterocycles. The first-order valence-electron chi connectivity index (χ1n) is 6.04. The topological polar surface area (TPSA) is 27.3 Å². The van der Waals surface area contributed by atoms with Crippen molar-refractivity contribution in [3.8, 4) is 0 Å². The van der Waals surface area contributed by atoms with Gasteiger partial charge in [-0.05, 0) is 73.9 Å². The Labute approximate surface area is 95.6 Å². The summed E-state index contributed by atoms with van der Waals surface area (Å²) in [5.41, 5.74) is 0.255. The first-order chi connectivity index (χ1) is 6.95. The quantitative estimate of drug-likeness (QED) is 0.598. The molecule has 0 aromatic rings. The maximum Gasteiger partial charge on any atom is 0.00965 e. The van der Waals surface area contributed by atoms with Gasteiger partial charge in [0.25, 0.3) is 0 Å². The van der Waals surface area contributed by atoms with E-state index in [2.05, 4.69) is 43.4 Å². The smallest absolute Gasteiger partial charge is 0.00965 e. The lowest BCUT2D eigenvalue weighted by Crippen LogP contribution is -2.37. The van der Waals surface area contributed by atoms with E-state index in [0.717, 1.165) is 13.1 Å². The largest absolute Gasteiger partial charge is 0.320 e. The van der Waals surface area contributed by atoms with Gasteiger partial charge in [-0.25, -0.2) is 0 Å². The Balaban J connectivity index is 3.27. The highest BCUT2D eigenvalue weighted by Crippen LogP contribution is 1.98. The second kappa shape index (κ2) is 8.08. The number of rotatable bonds is 8. The second-order valence-corrected chi connectivity index (χ2v) is 5.29. The summed E-state index contributed by atoms with van der Waals surface area (Å²) in [4.78, 5) is 2.40. The van der Waals surface area contributed by atoms with E-state index in [0.29, 0.717) is 0 Å². The highest BCUT2D eigenvalue weighted by atomic mass is 15.1. The van der Waals surface area contributed by atoms with Crippen molar-refractivity contribution in [1.82, 2.24) is 15.5 Å². The fourth-order valence-electron chi connectivity index (χ4n) is 1.45. The average Bonchev–Trinajstić information content (AvgIpc) is 2.11. The SMILES string of the molecule is CNCCCN(C)CCCNC(C)(C)C. The van der Waals surface area contributed by atoms with Crippen molar-refractivity contribution >= 4 is 0 Å². The van der Waals surface area contributed by atoms with Gasteiger partial charge in [0.1, 0.15) is 0 Å². The van der Waals surface area contributed by atoms with Crippen molar-refractivity contribution in [2.45, 2.75) is 39.2 Å². The van der Waals surface area contributed by atoms with E-state index in [9.17, 15) is 0 Å². The lowest BCUT2D eigenvalue weighted by molar-refractivity contribution is 0.312. The highest BCUT2D eigenvalue weighted by molar-refractivity contribution is 4.70. The summed E-state index contributed by atoms with van der Waals surface area (Å²) >= 11 is 0. The van der Waals surface area contributed by atoms with Crippen molar-refractivity contribution in [2.75, 3.05) is 40.3 Å². The van der Waals surface area contributed by atoms with Gasteiger partial charge in [-0.15, -0.1) is 0 Å². The van der Waals surface area contributed by atoms with Crippen LogP contribution < -0.4 is 10.6 Å². The molecule has 0 fully saturated rings. The Hall–Kier alpha value is -0.120. The van der Waals surface area contributed by atoms with Gasteiger partial charge in [-0.2, -0.15) is 0 Å². The van der Waals surface area contributed by atoms with Crippen LogP contribution in [0.25, 0.3) is 0 Å². The molecule has 3 nitrogen and oxygen atoms in total. The van der Waals surface area contributed by atoms with Gasteiger partial charge in [-0.3, -0.25) is 0 Å².